The van der Waals surface area contributed by atoms with Crippen LogP contribution in [0.4, 0.5) is 5.69 Å². The molecule has 1 aromatic rings. The van der Waals surface area contributed by atoms with E-state index in [1.54, 1.807) is 6.07 Å². The molecule has 2 rings (SSSR count). The Balaban J connectivity index is 2.31. The van der Waals surface area contributed by atoms with Crippen LogP contribution < -0.4 is 5.32 Å². The summed E-state index contributed by atoms with van der Waals surface area (Å²) >= 11 is 0. The van der Waals surface area contributed by atoms with Gasteiger partial charge in [-0.25, -0.2) is 4.79 Å². The molecule has 0 bridgehead atoms. The second-order valence-electron chi connectivity index (χ2n) is 7.40. The number of esters is 1. The minimum Gasteiger partial charge on any atom is -0.465 e. The molecule has 25 heavy (non-hydrogen) atoms. The lowest BCUT2D eigenvalue weighted by Gasteiger charge is -2.43. The summed E-state index contributed by atoms with van der Waals surface area (Å²) in [6, 6.07) is 3.64. The zero-order chi connectivity index (χ0) is 18.6. The van der Waals surface area contributed by atoms with E-state index < -0.39 is 5.97 Å². The van der Waals surface area contributed by atoms with Crippen LogP contribution in [0.5, 0.6) is 0 Å². The van der Waals surface area contributed by atoms with Crippen molar-refractivity contribution in [2.24, 2.45) is 0 Å². The number of piperidine rings is 1. The van der Waals surface area contributed by atoms with Crippen molar-refractivity contribution in [2.45, 2.75) is 52.5 Å². The number of hydrogen-bond acceptors (Lipinski definition) is 3. The van der Waals surface area contributed by atoms with Gasteiger partial charge in [0.15, 0.2) is 6.04 Å². The molecule has 1 N–H and O–H groups in total. The topological polar surface area (TPSA) is 55.4 Å². The molecule has 1 aromatic carbocycles. The average Bonchev–Trinajstić information content (AvgIpc) is 2.57. The Morgan fingerprint density at radius 1 is 1.20 bits per heavy atom. The number of likely N-dealkylation sites (tertiary alicyclic amines) is 1. The molecule has 1 unspecified atom stereocenters. The van der Waals surface area contributed by atoms with Crippen molar-refractivity contribution in [3.05, 3.63) is 28.8 Å². The van der Waals surface area contributed by atoms with Crippen LogP contribution in [0.15, 0.2) is 12.1 Å². The molecule has 0 spiro atoms. The van der Waals surface area contributed by atoms with Crippen molar-refractivity contribution in [1.82, 2.24) is 0 Å². The lowest BCUT2D eigenvalue weighted by molar-refractivity contribution is -0.928. The molecule has 0 radical (unpaired) electrons. The van der Waals surface area contributed by atoms with Crippen LogP contribution in [0.3, 0.4) is 0 Å². The first kappa shape index (κ1) is 19.4. The normalized spacial score (nSPS) is 17.6. The lowest BCUT2D eigenvalue weighted by atomic mass is 10.0. The average molecular weight is 347 g/mol. The van der Waals surface area contributed by atoms with Crippen LogP contribution in [-0.4, -0.2) is 49.6 Å². The molecule has 1 saturated heterocycles. The van der Waals surface area contributed by atoms with E-state index in [0.29, 0.717) is 11.3 Å². The van der Waals surface area contributed by atoms with Crippen LogP contribution in [0, 0.1) is 13.8 Å². The fourth-order valence-electron chi connectivity index (χ4n) is 4.07. The molecule has 0 saturated carbocycles. The minimum atomic E-state index is -0.423. The van der Waals surface area contributed by atoms with Gasteiger partial charge in [0.25, 0.3) is 5.91 Å². The SMILES string of the molecule is CCC(C(=O)Nc1c(C)cc(C)cc1C(=O)OC)[N+]1(C)CCCCC1. The highest BCUT2D eigenvalue weighted by molar-refractivity contribution is 6.03. The van der Waals surface area contributed by atoms with Gasteiger partial charge in [0.2, 0.25) is 0 Å². The van der Waals surface area contributed by atoms with Gasteiger partial charge in [-0.2, -0.15) is 0 Å². The predicted octanol–water partition coefficient (Wildman–Crippen LogP) is 3.44. The summed E-state index contributed by atoms with van der Waals surface area (Å²) in [5.41, 5.74) is 2.84. The molecule has 1 atom stereocenters. The lowest BCUT2D eigenvalue weighted by Crippen LogP contribution is -2.59. The molecular weight excluding hydrogens is 316 g/mol. The Morgan fingerprint density at radius 3 is 2.40 bits per heavy atom. The van der Waals surface area contributed by atoms with Crippen molar-refractivity contribution in [1.29, 1.82) is 0 Å². The van der Waals surface area contributed by atoms with Gasteiger partial charge < -0.3 is 14.5 Å². The number of carbonyl (C=O) groups is 2. The summed E-state index contributed by atoms with van der Waals surface area (Å²) < 4.78 is 5.68. The van der Waals surface area contributed by atoms with E-state index in [2.05, 4.69) is 19.3 Å². The third-order valence-corrected chi connectivity index (χ3v) is 5.41. The standard InChI is InChI=1S/C20H30N2O3/c1-6-17(22(4)10-8-7-9-11-22)19(23)21-18-15(3)12-14(2)13-16(18)20(24)25-5/h12-13,17H,6-11H2,1-5H3/p+1. The smallest absolute Gasteiger partial charge is 0.339 e. The van der Waals surface area contributed by atoms with E-state index in [-0.39, 0.29) is 11.9 Å². The first-order chi connectivity index (χ1) is 11.8. The van der Waals surface area contributed by atoms with E-state index in [9.17, 15) is 9.59 Å². The number of quaternary nitrogens is 1. The maximum atomic E-state index is 13.1. The zero-order valence-electron chi connectivity index (χ0n) is 16.1. The first-order valence-electron chi connectivity index (χ1n) is 9.17. The number of nitrogens with zero attached hydrogens (tertiary/aromatic N) is 1. The van der Waals surface area contributed by atoms with Gasteiger partial charge in [0.1, 0.15) is 0 Å². The summed E-state index contributed by atoms with van der Waals surface area (Å²) in [5.74, 6) is -0.433. The Kier molecular flexibility index (Phi) is 6.22. The van der Waals surface area contributed by atoms with Crippen molar-refractivity contribution in [3.8, 4) is 0 Å². The highest BCUT2D eigenvalue weighted by Gasteiger charge is 2.38. The monoisotopic (exact) mass is 347 g/mol. The summed E-state index contributed by atoms with van der Waals surface area (Å²) in [6.45, 7) is 7.96. The molecule has 5 heteroatoms. The van der Waals surface area contributed by atoms with Gasteiger partial charge in [-0.15, -0.1) is 0 Å². The third-order valence-electron chi connectivity index (χ3n) is 5.41. The number of aryl methyl sites for hydroxylation is 2. The van der Waals surface area contributed by atoms with Gasteiger partial charge >= 0.3 is 5.97 Å². The maximum absolute atomic E-state index is 13.1. The number of rotatable bonds is 5. The van der Waals surface area contributed by atoms with Crippen molar-refractivity contribution < 1.29 is 18.8 Å². The number of carbonyl (C=O) groups excluding carboxylic acids is 2. The van der Waals surface area contributed by atoms with Crippen molar-refractivity contribution in [2.75, 3.05) is 32.6 Å². The minimum absolute atomic E-state index is 0.0102. The number of ether oxygens (including phenoxy) is 1. The number of nitrogens with one attached hydrogen (secondary N) is 1. The molecule has 0 aliphatic carbocycles. The number of likely N-dealkylation sites (N-methyl/N-ethyl adjacent to an activating group) is 1. The van der Waals surface area contributed by atoms with Gasteiger partial charge in [-0.3, -0.25) is 4.79 Å². The molecule has 1 amide bonds. The fourth-order valence-corrected chi connectivity index (χ4v) is 4.07. The molecule has 5 nitrogen and oxygen atoms in total. The van der Waals surface area contributed by atoms with Crippen molar-refractivity contribution in [3.63, 3.8) is 0 Å². The molecule has 1 aliphatic rings. The molecular formula is C20H31N2O3+. The van der Waals surface area contributed by atoms with Crippen LogP contribution in [0.1, 0.15) is 54.1 Å². The zero-order valence-corrected chi connectivity index (χ0v) is 16.1. The Labute approximate surface area is 150 Å². The van der Waals surface area contributed by atoms with Gasteiger partial charge in [-0.05, 0) is 50.3 Å². The Morgan fingerprint density at radius 2 is 1.84 bits per heavy atom. The third kappa shape index (κ3) is 4.21. The predicted molar refractivity (Wildman–Crippen MR) is 99.7 cm³/mol. The van der Waals surface area contributed by atoms with E-state index in [1.807, 2.05) is 19.9 Å². The Bertz CT molecular complexity index is 649. The highest BCUT2D eigenvalue weighted by atomic mass is 16.5. The number of hydrogen-bond donors (Lipinski definition) is 1. The first-order valence-corrected chi connectivity index (χ1v) is 9.17. The Hall–Kier alpha value is -1.88. The molecule has 138 valence electrons. The number of anilines is 1. The highest BCUT2D eigenvalue weighted by Crippen LogP contribution is 2.27. The number of benzene rings is 1. The van der Waals surface area contributed by atoms with E-state index in [0.717, 1.165) is 48.0 Å². The summed E-state index contributed by atoms with van der Waals surface area (Å²) in [7, 11) is 3.54. The summed E-state index contributed by atoms with van der Waals surface area (Å²) in [4.78, 5) is 25.2. The number of methoxy groups -OCH3 is 1. The quantitative estimate of drug-likeness (QED) is 0.656. The molecule has 1 aliphatic heterocycles. The molecule has 1 heterocycles. The fraction of sp³-hybridized carbons (Fsp3) is 0.600. The largest absolute Gasteiger partial charge is 0.465 e. The second-order valence-corrected chi connectivity index (χ2v) is 7.40. The van der Waals surface area contributed by atoms with Gasteiger partial charge in [0, 0.05) is 6.42 Å². The van der Waals surface area contributed by atoms with Crippen LogP contribution in [0.25, 0.3) is 0 Å². The summed E-state index contributed by atoms with van der Waals surface area (Å²) in [6.07, 6.45) is 4.35. The number of amides is 1. The van der Waals surface area contributed by atoms with Gasteiger partial charge in [-0.1, -0.05) is 13.0 Å². The van der Waals surface area contributed by atoms with Crippen LogP contribution in [-0.2, 0) is 9.53 Å². The van der Waals surface area contributed by atoms with Crippen molar-refractivity contribution >= 4 is 17.6 Å². The maximum Gasteiger partial charge on any atom is 0.339 e. The molecule has 1 fully saturated rings. The van der Waals surface area contributed by atoms with E-state index in [4.69, 9.17) is 4.74 Å². The van der Waals surface area contributed by atoms with E-state index in [1.165, 1.54) is 13.5 Å². The van der Waals surface area contributed by atoms with Crippen LogP contribution in [0.2, 0.25) is 0 Å². The molecule has 0 aromatic heterocycles. The summed E-state index contributed by atoms with van der Waals surface area (Å²) in [5, 5.41) is 3.04. The second kappa shape index (κ2) is 8.00. The van der Waals surface area contributed by atoms with Gasteiger partial charge in [0.05, 0.1) is 38.5 Å². The van der Waals surface area contributed by atoms with Crippen LogP contribution >= 0.6 is 0 Å². The van der Waals surface area contributed by atoms with E-state index >= 15 is 0 Å².